The molecule has 8 unspecified atom stereocenters. The first kappa shape index (κ1) is 18.8. The number of hydrogen-bond donors (Lipinski definition) is 1. The van der Waals surface area contributed by atoms with Gasteiger partial charge in [0.2, 0.25) is 0 Å². The number of hydrogen-bond acceptors (Lipinski definition) is 3. The van der Waals surface area contributed by atoms with E-state index in [9.17, 15) is 9.90 Å². The Hall–Kier alpha value is -0.570. The maximum absolute atomic E-state index is 11.4. The minimum absolute atomic E-state index is 0.120. The molecule has 1 N–H and O–H groups in total. The van der Waals surface area contributed by atoms with E-state index < -0.39 is 5.60 Å². The van der Waals surface area contributed by atoms with Crippen molar-refractivity contribution in [3.63, 3.8) is 0 Å². The van der Waals surface area contributed by atoms with Gasteiger partial charge in [-0.3, -0.25) is 4.79 Å². The molecule has 4 fully saturated rings. The molecule has 0 saturated heterocycles. The minimum atomic E-state index is -0.437. The number of rotatable bonds is 2. The zero-order valence-corrected chi connectivity index (χ0v) is 17.2. The molecule has 4 aliphatic carbocycles. The molecule has 4 saturated carbocycles. The van der Waals surface area contributed by atoms with Crippen LogP contribution in [0.5, 0.6) is 0 Å². The van der Waals surface area contributed by atoms with Crippen LogP contribution in [0.2, 0.25) is 0 Å². The van der Waals surface area contributed by atoms with Crippen LogP contribution < -0.4 is 0 Å². The van der Waals surface area contributed by atoms with Gasteiger partial charge in [-0.2, -0.15) is 0 Å². The van der Waals surface area contributed by atoms with Crippen LogP contribution in [-0.2, 0) is 9.53 Å². The highest BCUT2D eigenvalue weighted by molar-refractivity contribution is 5.66. The summed E-state index contributed by atoms with van der Waals surface area (Å²) in [6, 6.07) is 0. The lowest BCUT2D eigenvalue weighted by atomic mass is 9.44. The van der Waals surface area contributed by atoms with E-state index in [-0.39, 0.29) is 17.5 Å². The summed E-state index contributed by atoms with van der Waals surface area (Å²) in [7, 11) is 0. The van der Waals surface area contributed by atoms with Crippen molar-refractivity contribution in [2.45, 2.75) is 104 Å². The Morgan fingerprint density at radius 1 is 1.04 bits per heavy atom. The molecule has 0 bridgehead atoms. The average Bonchev–Trinajstić information content (AvgIpc) is 2.87. The van der Waals surface area contributed by atoms with Gasteiger partial charge < -0.3 is 9.84 Å². The fourth-order valence-corrected chi connectivity index (χ4v) is 8.25. The summed E-state index contributed by atoms with van der Waals surface area (Å²) >= 11 is 0. The van der Waals surface area contributed by atoms with Crippen LogP contribution in [-0.4, -0.2) is 22.8 Å². The second-order valence-corrected chi connectivity index (χ2v) is 10.5. The van der Waals surface area contributed by atoms with Gasteiger partial charge in [-0.05, 0) is 98.7 Å². The van der Waals surface area contributed by atoms with Crippen molar-refractivity contribution in [1.82, 2.24) is 0 Å². The SMILES string of the molecule is CCC1(O)CCC2C3CCC4CC(OC(C)=O)CCC4(C)C3CCC21C. The van der Waals surface area contributed by atoms with E-state index in [0.717, 1.165) is 37.5 Å². The topological polar surface area (TPSA) is 46.5 Å². The van der Waals surface area contributed by atoms with Crippen LogP contribution >= 0.6 is 0 Å². The van der Waals surface area contributed by atoms with Gasteiger partial charge in [0.05, 0.1) is 5.60 Å². The first-order valence-corrected chi connectivity index (χ1v) is 11.1. The summed E-state index contributed by atoms with van der Waals surface area (Å²) in [5.74, 6) is 2.89. The molecule has 3 heteroatoms. The first-order valence-electron chi connectivity index (χ1n) is 11.1. The lowest BCUT2D eigenvalue weighted by Crippen LogP contribution is -2.56. The molecule has 3 nitrogen and oxygen atoms in total. The Labute approximate surface area is 159 Å². The highest BCUT2D eigenvalue weighted by Crippen LogP contribution is 2.68. The van der Waals surface area contributed by atoms with E-state index >= 15 is 0 Å². The zero-order valence-electron chi connectivity index (χ0n) is 17.2. The summed E-state index contributed by atoms with van der Waals surface area (Å²) in [4.78, 5) is 11.4. The lowest BCUT2D eigenvalue weighted by molar-refractivity contribution is -0.169. The average molecular weight is 363 g/mol. The summed E-state index contributed by atoms with van der Waals surface area (Å²) in [6.45, 7) is 8.66. The zero-order chi connectivity index (χ0) is 18.7. The predicted octanol–water partition coefficient (Wildman–Crippen LogP) is 5.10. The molecule has 4 aliphatic rings. The van der Waals surface area contributed by atoms with Crippen molar-refractivity contribution in [3.05, 3.63) is 0 Å². The molecule has 4 rings (SSSR count). The molecule has 148 valence electrons. The number of esters is 1. The molecule has 26 heavy (non-hydrogen) atoms. The van der Waals surface area contributed by atoms with Crippen molar-refractivity contribution < 1.29 is 14.6 Å². The highest BCUT2D eigenvalue weighted by Gasteiger charge is 2.64. The Kier molecular flexibility index (Phi) is 4.49. The van der Waals surface area contributed by atoms with Gasteiger partial charge in [0.1, 0.15) is 6.10 Å². The monoisotopic (exact) mass is 362 g/mol. The first-order chi connectivity index (χ1) is 12.2. The van der Waals surface area contributed by atoms with Crippen LogP contribution in [0.4, 0.5) is 0 Å². The van der Waals surface area contributed by atoms with Crippen LogP contribution in [0.25, 0.3) is 0 Å². The smallest absolute Gasteiger partial charge is 0.302 e. The molecular weight excluding hydrogens is 324 g/mol. The third-order valence-corrected chi connectivity index (χ3v) is 9.86. The normalized spacial score (nSPS) is 53.3. The Balaban J connectivity index is 1.55. The standard InChI is InChI=1S/C23H38O3/c1-5-23(25)13-10-20-18-7-6-16-14-17(26-15(2)24)8-11-21(16,3)19(18)9-12-22(20,23)4/h16-20,25H,5-14H2,1-4H3. The van der Waals surface area contributed by atoms with Crippen molar-refractivity contribution >= 4 is 5.97 Å². The fourth-order valence-electron chi connectivity index (χ4n) is 8.25. The number of fused-ring (bicyclic) bond motifs is 5. The van der Waals surface area contributed by atoms with Crippen LogP contribution in [0.3, 0.4) is 0 Å². The minimum Gasteiger partial charge on any atom is -0.463 e. The van der Waals surface area contributed by atoms with Gasteiger partial charge >= 0.3 is 5.97 Å². The van der Waals surface area contributed by atoms with E-state index in [0.29, 0.717) is 17.3 Å². The van der Waals surface area contributed by atoms with Gasteiger partial charge in [-0.15, -0.1) is 0 Å². The van der Waals surface area contributed by atoms with Crippen molar-refractivity contribution in [1.29, 1.82) is 0 Å². The molecule has 0 aliphatic heterocycles. The summed E-state index contributed by atoms with van der Waals surface area (Å²) in [6.07, 6.45) is 11.7. The number of aliphatic hydroxyl groups is 1. The quantitative estimate of drug-likeness (QED) is 0.695. The van der Waals surface area contributed by atoms with E-state index in [1.54, 1.807) is 6.92 Å². The number of carbonyl (C=O) groups is 1. The largest absolute Gasteiger partial charge is 0.463 e. The lowest BCUT2D eigenvalue weighted by Gasteiger charge is -2.61. The second kappa shape index (κ2) is 6.22. The van der Waals surface area contributed by atoms with Crippen molar-refractivity contribution in [2.75, 3.05) is 0 Å². The van der Waals surface area contributed by atoms with Gasteiger partial charge in [-0.25, -0.2) is 0 Å². The summed E-state index contributed by atoms with van der Waals surface area (Å²) < 4.78 is 5.58. The molecule has 0 amide bonds. The van der Waals surface area contributed by atoms with Crippen LogP contribution in [0.1, 0.15) is 91.9 Å². The maximum atomic E-state index is 11.4. The summed E-state index contributed by atoms with van der Waals surface area (Å²) in [5.41, 5.74) is 0.0995. The van der Waals surface area contributed by atoms with E-state index in [1.165, 1.54) is 38.5 Å². The van der Waals surface area contributed by atoms with E-state index in [2.05, 4.69) is 20.8 Å². The molecule has 8 atom stereocenters. The van der Waals surface area contributed by atoms with Crippen LogP contribution in [0.15, 0.2) is 0 Å². The molecule has 0 aromatic rings. The molecule has 0 aromatic carbocycles. The molecule has 0 aromatic heterocycles. The third-order valence-electron chi connectivity index (χ3n) is 9.86. The van der Waals surface area contributed by atoms with Crippen molar-refractivity contribution in [2.24, 2.45) is 34.5 Å². The van der Waals surface area contributed by atoms with Crippen LogP contribution in [0, 0.1) is 34.5 Å². The molecule has 0 heterocycles. The molecular formula is C23H38O3. The molecule has 0 radical (unpaired) electrons. The Morgan fingerprint density at radius 2 is 1.77 bits per heavy atom. The van der Waals surface area contributed by atoms with Crippen molar-refractivity contribution in [3.8, 4) is 0 Å². The van der Waals surface area contributed by atoms with Gasteiger partial charge in [0.15, 0.2) is 0 Å². The Morgan fingerprint density at radius 3 is 2.46 bits per heavy atom. The molecule has 0 spiro atoms. The predicted molar refractivity (Wildman–Crippen MR) is 103 cm³/mol. The third kappa shape index (κ3) is 2.52. The number of carbonyl (C=O) groups excluding carboxylic acids is 1. The Bertz CT molecular complexity index is 574. The highest BCUT2D eigenvalue weighted by atomic mass is 16.5. The second-order valence-electron chi connectivity index (χ2n) is 10.5. The van der Waals surface area contributed by atoms with Gasteiger partial charge in [0, 0.05) is 6.92 Å². The van der Waals surface area contributed by atoms with Gasteiger partial charge in [-0.1, -0.05) is 20.8 Å². The van der Waals surface area contributed by atoms with E-state index in [4.69, 9.17) is 4.74 Å². The maximum Gasteiger partial charge on any atom is 0.302 e. The number of ether oxygens (including phenoxy) is 1. The van der Waals surface area contributed by atoms with Gasteiger partial charge in [0.25, 0.3) is 0 Å². The fraction of sp³-hybridized carbons (Fsp3) is 0.957. The summed E-state index contributed by atoms with van der Waals surface area (Å²) in [5, 5.41) is 11.3. The van der Waals surface area contributed by atoms with E-state index in [1.807, 2.05) is 0 Å².